The quantitative estimate of drug-likeness (QED) is 0.868. The summed E-state index contributed by atoms with van der Waals surface area (Å²) in [7, 11) is 0. The number of aryl methyl sites for hydroxylation is 4. The van der Waals surface area contributed by atoms with Gasteiger partial charge in [0.05, 0.1) is 12.2 Å². The molecule has 120 valence electrons. The Morgan fingerprint density at radius 1 is 1.18 bits per heavy atom. The van der Waals surface area contributed by atoms with Crippen LogP contribution < -0.4 is 0 Å². The molecule has 0 N–H and O–H groups in total. The number of hydrogen-bond acceptors (Lipinski definition) is 5. The van der Waals surface area contributed by atoms with E-state index in [1.165, 1.54) is 24.8 Å². The highest BCUT2D eigenvalue weighted by atomic mass is 16.5. The summed E-state index contributed by atoms with van der Waals surface area (Å²) in [6.07, 6.45) is 3.76. The summed E-state index contributed by atoms with van der Waals surface area (Å²) >= 11 is 0. The van der Waals surface area contributed by atoms with Crippen molar-refractivity contribution in [3.8, 4) is 0 Å². The molecule has 2 aromatic rings. The summed E-state index contributed by atoms with van der Waals surface area (Å²) in [4.78, 5) is 6.96. The van der Waals surface area contributed by atoms with E-state index in [-0.39, 0.29) is 0 Å². The predicted molar refractivity (Wildman–Crippen MR) is 83.5 cm³/mol. The van der Waals surface area contributed by atoms with E-state index in [2.05, 4.69) is 20.1 Å². The highest BCUT2D eigenvalue weighted by molar-refractivity contribution is 5.20. The molecule has 0 aliphatic carbocycles. The van der Waals surface area contributed by atoms with Gasteiger partial charge < -0.3 is 4.52 Å². The molecule has 2 aromatic heterocycles. The van der Waals surface area contributed by atoms with Gasteiger partial charge in [0, 0.05) is 18.2 Å². The fourth-order valence-electron chi connectivity index (χ4n) is 3.34. The van der Waals surface area contributed by atoms with Crippen LogP contribution in [0.1, 0.15) is 47.9 Å². The van der Waals surface area contributed by atoms with Gasteiger partial charge in [0.15, 0.2) is 0 Å². The molecular formula is C16H25N5O. The van der Waals surface area contributed by atoms with Crippen LogP contribution in [-0.4, -0.2) is 37.4 Å². The lowest BCUT2D eigenvalue weighted by atomic mass is 10.0. The van der Waals surface area contributed by atoms with E-state index in [0.29, 0.717) is 6.04 Å². The van der Waals surface area contributed by atoms with Crippen LogP contribution in [0.3, 0.4) is 0 Å². The Labute approximate surface area is 131 Å². The zero-order valence-electron chi connectivity index (χ0n) is 14.0. The first-order valence-corrected chi connectivity index (χ1v) is 8.08. The van der Waals surface area contributed by atoms with Crippen molar-refractivity contribution in [3.63, 3.8) is 0 Å². The molecule has 3 rings (SSSR count). The number of aromatic nitrogens is 4. The normalized spacial score (nSPS) is 19.7. The Morgan fingerprint density at radius 2 is 2.00 bits per heavy atom. The van der Waals surface area contributed by atoms with Crippen molar-refractivity contribution in [2.24, 2.45) is 0 Å². The highest BCUT2D eigenvalue weighted by Crippen LogP contribution is 2.23. The molecule has 3 heterocycles. The standard InChI is InChI=1S/C16H25N5O/c1-11-16(12(2)22-19-11)10-20-8-6-5-7-15(20)9-21-14(4)17-13(3)18-21/h15H,5-10H2,1-4H3/t15-/m1/s1. The third kappa shape index (κ3) is 3.06. The summed E-state index contributed by atoms with van der Waals surface area (Å²) in [5, 5.41) is 8.60. The number of likely N-dealkylation sites (tertiary alicyclic amines) is 1. The first-order chi connectivity index (χ1) is 10.5. The van der Waals surface area contributed by atoms with Crippen LogP contribution in [0.5, 0.6) is 0 Å². The summed E-state index contributed by atoms with van der Waals surface area (Å²) < 4.78 is 7.36. The summed E-state index contributed by atoms with van der Waals surface area (Å²) in [5.74, 6) is 2.79. The first kappa shape index (κ1) is 15.2. The maximum absolute atomic E-state index is 5.31. The average molecular weight is 303 g/mol. The molecule has 0 unspecified atom stereocenters. The van der Waals surface area contributed by atoms with Crippen molar-refractivity contribution in [2.45, 2.75) is 66.1 Å². The zero-order chi connectivity index (χ0) is 15.7. The van der Waals surface area contributed by atoms with Crippen molar-refractivity contribution in [2.75, 3.05) is 6.54 Å². The molecule has 0 spiro atoms. The third-order valence-corrected chi connectivity index (χ3v) is 4.64. The zero-order valence-corrected chi connectivity index (χ0v) is 14.0. The lowest BCUT2D eigenvalue weighted by molar-refractivity contribution is 0.120. The fraction of sp³-hybridized carbons (Fsp3) is 0.688. The third-order valence-electron chi connectivity index (χ3n) is 4.64. The van der Waals surface area contributed by atoms with E-state index < -0.39 is 0 Å². The molecule has 1 aliphatic rings. The van der Waals surface area contributed by atoms with Gasteiger partial charge in [-0.2, -0.15) is 5.10 Å². The fourth-order valence-corrected chi connectivity index (χ4v) is 3.34. The molecule has 0 amide bonds. The molecule has 1 saturated heterocycles. The van der Waals surface area contributed by atoms with Crippen LogP contribution in [-0.2, 0) is 13.1 Å². The van der Waals surface area contributed by atoms with E-state index in [1.54, 1.807) is 0 Å². The number of nitrogens with zero attached hydrogens (tertiary/aromatic N) is 5. The minimum absolute atomic E-state index is 0.502. The predicted octanol–water partition coefficient (Wildman–Crippen LogP) is 2.55. The van der Waals surface area contributed by atoms with Gasteiger partial charge in [0.25, 0.3) is 0 Å². The smallest absolute Gasteiger partial charge is 0.147 e. The molecule has 1 atom stereocenters. The van der Waals surface area contributed by atoms with Crippen molar-refractivity contribution in [1.82, 2.24) is 24.8 Å². The molecule has 0 radical (unpaired) electrons. The van der Waals surface area contributed by atoms with Crippen LogP contribution in [0.2, 0.25) is 0 Å². The second-order valence-electron chi connectivity index (χ2n) is 6.31. The monoisotopic (exact) mass is 303 g/mol. The van der Waals surface area contributed by atoms with Gasteiger partial charge in [-0.05, 0) is 47.1 Å². The maximum atomic E-state index is 5.31. The van der Waals surface area contributed by atoms with Crippen molar-refractivity contribution < 1.29 is 4.52 Å². The number of hydrogen-bond donors (Lipinski definition) is 0. The largest absolute Gasteiger partial charge is 0.361 e. The van der Waals surface area contributed by atoms with Crippen LogP contribution in [0, 0.1) is 27.7 Å². The van der Waals surface area contributed by atoms with Gasteiger partial charge in [-0.15, -0.1) is 0 Å². The van der Waals surface area contributed by atoms with E-state index in [1.807, 2.05) is 32.4 Å². The van der Waals surface area contributed by atoms with E-state index in [9.17, 15) is 0 Å². The average Bonchev–Trinajstić information content (AvgIpc) is 2.96. The molecule has 1 fully saturated rings. The minimum Gasteiger partial charge on any atom is -0.361 e. The lowest BCUT2D eigenvalue weighted by Crippen LogP contribution is -2.42. The Hall–Kier alpha value is -1.69. The minimum atomic E-state index is 0.502. The first-order valence-electron chi connectivity index (χ1n) is 8.08. The molecule has 1 aliphatic heterocycles. The SMILES string of the molecule is Cc1nc(C)n(C[C@H]2CCCCN2Cc2c(C)noc2C)n1. The van der Waals surface area contributed by atoms with E-state index in [0.717, 1.165) is 42.7 Å². The van der Waals surface area contributed by atoms with Crippen LogP contribution >= 0.6 is 0 Å². The van der Waals surface area contributed by atoms with Crippen LogP contribution in [0.4, 0.5) is 0 Å². The molecule has 0 aromatic carbocycles. The maximum Gasteiger partial charge on any atom is 0.147 e. The van der Waals surface area contributed by atoms with Crippen molar-refractivity contribution in [1.29, 1.82) is 0 Å². The summed E-state index contributed by atoms with van der Waals surface area (Å²) in [6, 6.07) is 0.502. The Bertz CT molecular complexity index is 626. The molecular weight excluding hydrogens is 278 g/mol. The van der Waals surface area contributed by atoms with Crippen LogP contribution in [0.15, 0.2) is 4.52 Å². The number of piperidine rings is 1. The second kappa shape index (κ2) is 6.20. The van der Waals surface area contributed by atoms with Crippen LogP contribution in [0.25, 0.3) is 0 Å². The molecule has 22 heavy (non-hydrogen) atoms. The summed E-state index contributed by atoms with van der Waals surface area (Å²) in [6.45, 7) is 11.0. The molecule has 0 bridgehead atoms. The van der Waals surface area contributed by atoms with Gasteiger partial charge in [0.1, 0.15) is 17.4 Å². The Morgan fingerprint density at radius 3 is 2.64 bits per heavy atom. The van der Waals surface area contributed by atoms with Gasteiger partial charge in [0.2, 0.25) is 0 Å². The van der Waals surface area contributed by atoms with Gasteiger partial charge >= 0.3 is 0 Å². The van der Waals surface area contributed by atoms with Gasteiger partial charge in [-0.25, -0.2) is 9.67 Å². The van der Waals surface area contributed by atoms with Crippen molar-refractivity contribution in [3.05, 3.63) is 28.7 Å². The molecule has 0 saturated carbocycles. The Kier molecular flexibility index (Phi) is 4.29. The van der Waals surface area contributed by atoms with Crippen molar-refractivity contribution >= 4 is 0 Å². The lowest BCUT2D eigenvalue weighted by Gasteiger charge is -2.35. The summed E-state index contributed by atoms with van der Waals surface area (Å²) in [5.41, 5.74) is 2.24. The van der Waals surface area contributed by atoms with Gasteiger partial charge in [-0.3, -0.25) is 4.90 Å². The molecule has 6 heteroatoms. The van der Waals surface area contributed by atoms with E-state index >= 15 is 0 Å². The van der Waals surface area contributed by atoms with E-state index in [4.69, 9.17) is 4.52 Å². The Balaban J connectivity index is 1.75. The second-order valence-corrected chi connectivity index (χ2v) is 6.31. The highest BCUT2D eigenvalue weighted by Gasteiger charge is 2.25. The molecule has 6 nitrogen and oxygen atoms in total. The topological polar surface area (TPSA) is 60.0 Å². The number of rotatable bonds is 4. The van der Waals surface area contributed by atoms with Gasteiger partial charge in [-0.1, -0.05) is 11.6 Å².